The van der Waals surface area contributed by atoms with Crippen LogP contribution in [0.2, 0.25) is 0 Å². The molecule has 0 unspecified atom stereocenters. The van der Waals surface area contributed by atoms with Crippen LogP contribution >= 0.6 is 11.8 Å². The average Bonchev–Trinajstić information content (AvgIpc) is 2.46. The van der Waals surface area contributed by atoms with Crippen LogP contribution in [0.3, 0.4) is 0 Å². The van der Waals surface area contributed by atoms with Crippen LogP contribution in [0.5, 0.6) is 0 Å². The Hall–Kier alpha value is -2.27. The van der Waals surface area contributed by atoms with Crippen molar-refractivity contribution in [2.45, 2.75) is 25.7 Å². The number of carbonyl (C=O) groups excluding carboxylic acids is 2. The molecule has 0 radical (unpaired) electrons. The van der Waals surface area contributed by atoms with Crippen molar-refractivity contribution in [3.8, 4) is 0 Å². The number of rotatable bonds is 5. The molecule has 0 spiro atoms. The summed E-state index contributed by atoms with van der Waals surface area (Å²) in [4.78, 5) is 24.2. The fraction of sp³-hybridized carbons (Fsp3) is 0.222. The van der Waals surface area contributed by atoms with Crippen LogP contribution in [0.4, 0.5) is 5.69 Å². The Kier molecular flexibility index (Phi) is 5.45. The minimum atomic E-state index is -0.483. The molecule has 0 aliphatic carbocycles. The van der Waals surface area contributed by atoms with Gasteiger partial charge < -0.3 is 11.1 Å². The quantitative estimate of drug-likeness (QED) is 0.826. The van der Waals surface area contributed by atoms with E-state index in [1.165, 1.54) is 28.5 Å². The highest BCUT2D eigenvalue weighted by Crippen LogP contribution is 2.27. The zero-order valence-corrected chi connectivity index (χ0v) is 14.3. The lowest BCUT2D eigenvalue weighted by Crippen LogP contribution is -2.15. The predicted octanol–water partition coefficient (Wildman–Crippen LogP) is 3.44. The molecule has 2 aromatic carbocycles. The van der Waals surface area contributed by atoms with Gasteiger partial charge in [0.15, 0.2) is 0 Å². The molecule has 0 aliphatic rings. The van der Waals surface area contributed by atoms with E-state index in [1.54, 1.807) is 24.3 Å². The number of nitrogens with two attached hydrogens (primary N) is 1. The summed E-state index contributed by atoms with van der Waals surface area (Å²) in [5, 5.41) is 2.82. The van der Waals surface area contributed by atoms with E-state index in [0.29, 0.717) is 17.0 Å². The molecule has 2 rings (SSSR count). The number of anilines is 1. The van der Waals surface area contributed by atoms with Gasteiger partial charge in [0.25, 0.3) is 0 Å². The number of aryl methyl sites for hydroxylation is 3. The summed E-state index contributed by atoms with van der Waals surface area (Å²) in [6.07, 6.45) is 0. The maximum absolute atomic E-state index is 12.1. The number of amides is 2. The van der Waals surface area contributed by atoms with Crippen LogP contribution < -0.4 is 11.1 Å². The lowest BCUT2D eigenvalue weighted by atomic mass is 10.1. The van der Waals surface area contributed by atoms with Gasteiger partial charge in [0.1, 0.15) is 0 Å². The van der Waals surface area contributed by atoms with Crippen molar-refractivity contribution < 1.29 is 9.59 Å². The molecule has 2 aromatic rings. The second-order valence-corrected chi connectivity index (χ2v) is 6.49. The highest BCUT2D eigenvalue weighted by atomic mass is 32.2. The average molecular weight is 328 g/mol. The van der Waals surface area contributed by atoms with Crippen molar-refractivity contribution >= 4 is 29.3 Å². The first kappa shape index (κ1) is 17.1. The molecule has 120 valence electrons. The molecule has 23 heavy (non-hydrogen) atoms. The van der Waals surface area contributed by atoms with Gasteiger partial charge in [-0.1, -0.05) is 17.7 Å². The van der Waals surface area contributed by atoms with E-state index in [-0.39, 0.29) is 5.91 Å². The first-order valence-corrected chi connectivity index (χ1v) is 8.25. The molecule has 0 atom stereocenters. The number of thioether (sulfide) groups is 1. The number of benzene rings is 2. The Balaban J connectivity index is 1.96. The third-order valence-corrected chi connectivity index (χ3v) is 4.74. The third-order valence-electron chi connectivity index (χ3n) is 3.41. The first-order chi connectivity index (χ1) is 10.9. The van der Waals surface area contributed by atoms with Gasteiger partial charge in [0.05, 0.1) is 5.75 Å². The predicted molar refractivity (Wildman–Crippen MR) is 95.0 cm³/mol. The fourth-order valence-corrected chi connectivity index (χ4v) is 3.37. The summed E-state index contributed by atoms with van der Waals surface area (Å²) in [6.45, 7) is 6.18. The Labute approximate surface area is 140 Å². The molecule has 0 aromatic heterocycles. The fourth-order valence-electron chi connectivity index (χ4n) is 2.45. The molecule has 0 saturated heterocycles. The summed E-state index contributed by atoms with van der Waals surface area (Å²) in [6, 6.07) is 10.8. The minimum absolute atomic E-state index is 0.0822. The Morgan fingerprint density at radius 2 is 1.61 bits per heavy atom. The number of hydrogen-bond donors (Lipinski definition) is 2. The van der Waals surface area contributed by atoms with Gasteiger partial charge in [-0.15, -0.1) is 11.8 Å². The van der Waals surface area contributed by atoms with E-state index in [1.807, 2.05) is 0 Å². The second-order valence-electron chi connectivity index (χ2n) is 5.51. The summed E-state index contributed by atoms with van der Waals surface area (Å²) < 4.78 is 0. The van der Waals surface area contributed by atoms with Gasteiger partial charge in [-0.3, -0.25) is 9.59 Å². The molecule has 0 fully saturated rings. The van der Waals surface area contributed by atoms with E-state index in [0.717, 1.165) is 4.90 Å². The van der Waals surface area contributed by atoms with Crippen molar-refractivity contribution in [2.24, 2.45) is 5.73 Å². The zero-order valence-electron chi connectivity index (χ0n) is 13.5. The monoisotopic (exact) mass is 328 g/mol. The summed E-state index contributed by atoms with van der Waals surface area (Å²) in [5.41, 5.74) is 9.85. The van der Waals surface area contributed by atoms with Crippen LogP contribution in [0.1, 0.15) is 27.0 Å². The molecule has 5 heteroatoms. The van der Waals surface area contributed by atoms with Crippen LogP contribution in [-0.4, -0.2) is 17.6 Å². The first-order valence-electron chi connectivity index (χ1n) is 7.27. The van der Waals surface area contributed by atoms with Crippen LogP contribution in [0.25, 0.3) is 0 Å². The molecule has 3 N–H and O–H groups in total. The number of nitrogens with one attached hydrogen (secondary N) is 1. The summed E-state index contributed by atoms with van der Waals surface area (Å²) in [7, 11) is 0. The lowest BCUT2D eigenvalue weighted by Gasteiger charge is -2.11. The van der Waals surface area contributed by atoms with Gasteiger partial charge in [-0.05, 0) is 56.2 Å². The lowest BCUT2D eigenvalue weighted by molar-refractivity contribution is -0.113. The van der Waals surface area contributed by atoms with Gasteiger partial charge in [-0.2, -0.15) is 0 Å². The highest BCUT2D eigenvalue weighted by Gasteiger charge is 2.09. The van der Waals surface area contributed by atoms with Crippen molar-refractivity contribution in [1.29, 1.82) is 0 Å². The van der Waals surface area contributed by atoms with Crippen LogP contribution in [0, 0.1) is 20.8 Å². The van der Waals surface area contributed by atoms with Crippen molar-refractivity contribution in [1.82, 2.24) is 0 Å². The minimum Gasteiger partial charge on any atom is -0.366 e. The largest absolute Gasteiger partial charge is 0.366 e. The summed E-state index contributed by atoms with van der Waals surface area (Å²) in [5.74, 6) is -0.229. The van der Waals surface area contributed by atoms with Crippen LogP contribution in [0.15, 0.2) is 41.3 Å². The van der Waals surface area contributed by atoms with E-state index < -0.39 is 5.91 Å². The van der Waals surface area contributed by atoms with Gasteiger partial charge in [0.2, 0.25) is 11.8 Å². The van der Waals surface area contributed by atoms with Gasteiger partial charge in [0, 0.05) is 16.1 Å². The van der Waals surface area contributed by atoms with E-state index in [4.69, 9.17) is 5.73 Å². The SMILES string of the molecule is Cc1cc(C)c(SCC(=O)Nc2ccc(C(N)=O)cc2)c(C)c1. The smallest absolute Gasteiger partial charge is 0.248 e. The summed E-state index contributed by atoms with van der Waals surface area (Å²) >= 11 is 1.53. The Morgan fingerprint density at radius 3 is 2.13 bits per heavy atom. The Morgan fingerprint density at radius 1 is 1.04 bits per heavy atom. The molecule has 0 aliphatic heterocycles. The Bertz CT molecular complexity index is 716. The number of carbonyl (C=O) groups is 2. The molecule has 0 bridgehead atoms. The van der Waals surface area contributed by atoms with Gasteiger partial charge >= 0.3 is 0 Å². The molecule has 2 amide bonds. The topological polar surface area (TPSA) is 72.2 Å². The van der Waals surface area contributed by atoms with E-state index >= 15 is 0 Å². The van der Waals surface area contributed by atoms with E-state index in [9.17, 15) is 9.59 Å². The molecule has 0 heterocycles. The molecule has 0 saturated carbocycles. The molecule has 4 nitrogen and oxygen atoms in total. The molecular weight excluding hydrogens is 308 g/mol. The maximum Gasteiger partial charge on any atom is 0.248 e. The van der Waals surface area contributed by atoms with Crippen molar-refractivity contribution in [3.05, 3.63) is 58.7 Å². The zero-order chi connectivity index (χ0) is 17.0. The highest BCUT2D eigenvalue weighted by molar-refractivity contribution is 8.00. The maximum atomic E-state index is 12.1. The second kappa shape index (κ2) is 7.33. The van der Waals surface area contributed by atoms with Crippen molar-refractivity contribution in [3.63, 3.8) is 0 Å². The molecular formula is C18H20N2O2S. The third kappa shape index (κ3) is 4.60. The normalized spacial score (nSPS) is 10.4. The van der Waals surface area contributed by atoms with Gasteiger partial charge in [-0.25, -0.2) is 0 Å². The standard InChI is InChI=1S/C18H20N2O2S/c1-11-8-12(2)17(13(3)9-11)23-10-16(21)20-15-6-4-14(5-7-15)18(19)22/h4-9H,10H2,1-3H3,(H2,19,22)(H,20,21). The van der Waals surface area contributed by atoms with Crippen molar-refractivity contribution in [2.75, 3.05) is 11.1 Å². The number of hydrogen-bond acceptors (Lipinski definition) is 3. The van der Waals surface area contributed by atoms with Crippen LogP contribution in [-0.2, 0) is 4.79 Å². The van der Waals surface area contributed by atoms with E-state index in [2.05, 4.69) is 38.2 Å². The number of primary amides is 1.